The van der Waals surface area contributed by atoms with E-state index in [1.807, 2.05) is 30.6 Å². The molecule has 1 aliphatic rings. The molecule has 0 radical (unpaired) electrons. The van der Waals surface area contributed by atoms with E-state index in [1.54, 1.807) is 0 Å². The van der Waals surface area contributed by atoms with E-state index in [9.17, 15) is 4.79 Å². The molecular formula is C9H19N3O. The molecule has 0 aliphatic carbocycles. The number of hydrogen-bond donors (Lipinski definition) is 1. The van der Waals surface area contributed by atoms with Crippen LogP contribution in [0.25, 0.3) is 0 Å². The quantitative estimate of drug-likeness (QED) is 0.695. The van der Waals surface area contributed by atoms with Crippen molar-refractivity contribution in [3.8, 4) is 0 Å². The smallest absolute Gasteiger partial charge is 0.320 e. The Bertz CT molecular complexity index is 198. The van der Waals surface area contributed by atoms with Gasteiger partial charge < -0.3 is 15.5 Å². The fourth-order valence-corrected chi connectivity index (χ4v) is 1.56. The Hall–Kier alpha value is -0.770. The predicted octanol–water partition coefficient (Wildman–Crippen LogP) is 0.481. The third kappa shape index (κ3) is 2.59. The summed E-state index contributed by atoms with van der Waals surface area (Å²) in [6.45, 7) is 8.96. The lowest BCUT2D eigenvalue weighted by molar-refractivity contribution is 0.186. The minimum atomic E-state index is -0.292. The van der Waals surface area contributed by atoms with E-state index >= 15 is 0 Å². The first-order valence-corrected chi connectivity index (χ1v) is 4.77. The Labute approximate surface area is 79.7 Å². The Morgan fingerprint density at radius 2 is 1.92 bits per heavy atom. The molecule has 0 atom stereocenters. The summed E-state index contributed by atoms with van der Waals surface area (Å²) in [7, 11) is 0. The first kappa shape index (κ1) is 10.3. The van der Waals surface area contributed by atoms with Gasteiger partial charge in [0.25, 0.3) is 0 Å². The van der Waals surface area contributed by atoms with Crippen LogP contribution in [-0.4, -0.2) is 47.5 Å². The standard InChI is InChI=1S/C9H19N3O/c1-4-11-5-6-12(8(11)13)7-9(2,3)10/h4-7,10H2,1-3H3. The van der Waals surface area contributed by atoms with Gasteiger partial charge in [-0.1, -0.05) is 0 Å². The highest BCUT2D eigenvalue weighted by Crippen LogP contribution is 2.11. The van der Waals surface area contributed by atoms with Gasteiger partial charge in [0.1, 0.15) is 0 Å². The lowest BCUT2D eigenvalue weighted by Crippen LogP contribution is -2.46. The van der Waals surface area contributed by atoms with Crippen LogP contribution in [0.4, 0.5) is 4.79 Å². The molecule has 0 unspecified atom stereocenters. The van der Waals surface area contributed by atoms with Gasteiger partial charge in [-0.3, -0.25) is 0 Å². The summed E-state index contributed by atoms with van der Waals surface area (Å²) < 4.78 is 0. The Morgan fingerprint density at radius 1 is 1.38 bits per heavy atom. The first-order chi connectivity index (χ1) is 5.94. The summed E-state index contributed by atoms with van der Waals surface area (Å²) in [5.41, 5.74) is 5.56. The van der Waals surface area contributed by atoms with Gasteiger partial charge in [0.05, 0.1) is 0 Å². The zero-order chi connectivity index (χ0) is 10.1. The van der Waals surface area contributed by atoms with Crippen molar-refractivity contribution in [1.82, 2.24) is 9.80 Å². The van der Waals surface area contributed by atoms with Crippen LogP contribution in [0.2, 0.25) is 0 Å². The maximum Gasteiger partial charge on any atom is 0.320 e. The minimum absolute atomic E-state index is 0.126. The van der Waals surface area contributed by atoms with Gasteiger partial charge in [0.2, 0.25) is 0 Å². The molecule has 0 saturated carbocycles. The Morgan fingerprint density at radius 3 is 2.31 bits per heavy atom. The van der Waals surface area contributed by atoms with Gasteiger partial charge in [-0.15, -0.1) is 0 Å². The highest BCUT2D eigenvalue weighted by Gasteiger charge is 2.29. The zero-order valence-electron chi connectivity index (χ0n) is 8.71. The number of likely N-dealkylation sites (N-methyl/N-ethyl adjacent to an activating group) is 1. The van der Waals surface area contributed by atoms with Gasteiger partial charge in [-0.2, -0.15) is 0 Å². The average Bonchev–Trinajstić information content (AvgIpc) is 2.30. The van der Waals surface area contributed by atoms with Gasteiger partial charge >= 0.3 is 6.03 Å². The third-order valence-corrected chi connectivity index (χ3v) is 2.16. The number of carbonyl (C=O) groups is 1. The molecule has 2 N–H and O–H groups in total. The molecule has 1 aliphatic heterocycles. The van der Waals surface area contributed by atoms with Crippen molar-refractivity contribution in [1.29, 1.82) is 0 Å². The maximum absolute atomic E-state index is 11.6. The fraction of sp³-hybridized carbons (Fsp3) is 0.889. The number of urea groups is 1. The minimum Gasteiger partial charge on any atom is -0.324 e. The third-order valence-electron chi connectivity index (χ3n) is 2.16. The Balaban J connectivity index is 2.51. The van der Waals surface area contributed by atoms with Crippen molar-refractivity contribution in [3.05, 3.63) is 0 Å². The molecule has 1 fully saturated rings. The molecule has 1 heterocycles. The molecule has 0 bridgehead atoms. The van der Waals surface area contributed by atoms with Crippen LogP contribution in [0.1, 0.15) is 20.8 Å². The highest BCUT2D eigenvalue weighted by atomic mass is 16.2. The van der Waals surface area contributed by atoms with E-state index in [0.717, 1.165) is 19.6 Å². The summed E-state index contributed by atoms with van der Waals surface area (Å²) in [6.07, 6.45) is 0. The molecule has 4 nitrogen and oxygen atoms in total. The lowest BCUT2D eigenvalue weighted by Gasteiger charge is -2.26. The SMILES string of the molecule is CCN1CCN(CC(C)(C)N)C1=O. The number of hydrogen-bond acceptors (Lipinski definition) is 2. The van der Waals surface area contributed by atoms with E-state index in [-0.39, 0.29) is 11.6 Å². The molecule has 1 rings (SSSR count). The first-order valence-electron chi connectivity index (χ1n) is 4.77. The topological polar surface area (TPSA) is 49.6 Å². The predicted molar refractivity (Wildman–Crippen MR) is 52.5 cm³/mol. The molecule has 2 amide bonds. The van der Waals surface area contributed by atoms with E-state index < -0.39 is 0 Å². The summed E-state index contributed by atoms with van der Waals surface area (Å²) in [6, 6.07) is 0.126. The summed E-state index contributed by atoms with van der Waals surface area (Å²) in [5.74, 6) is 0. The molecule has 0 spiro atoms. The highest BCUT2D eigenvalue weighted by molar-refractivity contribution is 5.76. The van der Waals surface area contributed by atoms with Crippen LogP contribution >= 0.6 is 0 Å². The van der Waals surface area contributed by atoms with Crippen LogP contribution in [0.5, 0.6) is 0 Å². The summed E-state index contributed by atoms with van der Waals surface area (Å²) >= 11 is 0. The van der Waals surface area contributed by atoms with E-state index in [1.165, 1.54) is 0 Å². The van der Waals surface area contributed by atoms with Crippen LogP contribution in [0.3, 0.4) is 0 Å². The molecule has 13 heavy (non-hydrogen) atoms. The van der Waals surface area contributed by atoms with Crippen LogP contribution in [0.15, 0.2) is 0 Å². The molecular weight excluding hydrogens is 166 g/mol. The second-order valence-electron chi connectivity index (χ2n) is 4.27. The van der Waals surface area contributed by atoms with Gasteiger partial charge in [0.15, 0.2) is 0 Å². The van der Waals surface area contributed by atoms with Crippen molar-refractivity contribution < 1.29 is 4.79 Å². The average molecular weight is 185 g/mol. The van der Waals surface area contributed by atoms with E-state index in [2.05, 4.69) is 0 Å². The monoisotopic (exact) mass is 185 g/mol. The van der Waals surface area contributed by atoms with E-state index in [0.29, 0.717) is 6.54 Å². The van der Waals surface area contributed by atoms with Crippen molar-refractivity contribution in [3.63, 3.8) is 0 Å². The van der Waals surface area contributed by atoms with Gasteiger partial charge in [-0.05, 0) is 20.8 Å². The molecule has 0 aromatic heterocycles. The maximum atomic E-state index is 11.6. The van der Waals surface area contributed by atoms with Crippen LogP contribution < -0.4 is 5.73 Å². The number of amides is 2. The van der Waals surface area contributed by atoms with Crippen molar-refractivity contribution in [2.75, 3.05) is 26.2 Å². The van der Waals surface area contributed by atoms with Crippen LogP contribution in [-0.2, 0) is 0 Å². The van der Waals surface area contributed by atoms with E-state index in [4.69, 9.17) is 5.73 Å². The lowest BCUT2D eigenvalue weighted by atomic mass is 10.1. The second kappa shape index (κ2) is 3.54. The van der Waals surface area contributed by atoms with Gasteiger partial charge in [0, 0.05) is 31.7 Å². The fourth-order valence-electron chi connectivity index (χ4n) is 1.56. The molecule has 0 aromatic rings. The Kier molecular flexibility index (Phi) is 2.81. The summed E-state index contributed by atoms with van der Waals surface area (Å²) in [5, 5.41) is 0. The molecule has 4 heteroatoms. The molecule has 76 valence electrons. The normalized spacial score (nSPS) is 18.6. The van der Waals surface area contributed by atoms with Crippen LogP contribution in [0, 0.1) is 0 Å². The zero-order valence-corrected chi connectivity index (χ0v) is 8.71. The number of nitrogens with zero attached hydrogens (tertiary/aromatic N) is 2. The van der Waals surface area contributed by atoms with Crippen molar-refractivity contribution in [2.45, 2.75) is 26.3 Å². The number of rotatable bonds is 3. The molecule has 1 saturated heterocycles. The van der Waals surface area contributed by atoms with Gasteiger partial charge in [-0.25, -0.2) is 4.79 Å². The second-order valence-corrected chi connectivity index (χ2v) is 4.27. The van der Waals surface area contributed by atoms with Crippen molar-refractivity contribution in [2.24, 2.45) is 5.73 Å². The molecule has 0 aromatic carbocycles. The summed E-state index contributed by atoms with van der Waals surface area (Å²) in [4.78, 5) is 15.3. The number of carbonyl (C=O) groups excluding carboxylic acids is 1. The number of nitrogens with two attached hydrogens (primary N) is 1. The largest absolute Gasteiger partial charge is 0.324 e. The van der Waals surface area contributed by atoms with Crippen molar-refractivity contribution >= 4 is 6.03 Å².